The average Bonchev–Trinajstić information content (AvgIpc) is 2.15. The van der Waals surface area contributed by atoms with E-state index in [4.69, 9.17) is 39.5 Å². The van der Waals surface area contributed by atoms with Crippen LogP contribution in [0.25, 0.3) is 0 Å². The fourth-order valence-electron chi connectivity index (χ4n) is 1.07. The van der Waals surface area contributed by atoms with Crippen LogP contribution in [0.4, 0.5) is 0 Å². The SMILES string of the molecule is CCNCCOc1c(Cl)cc(Cl)cc1Cl. The first-order chi connectivity index (χ1) is 7.15. The molecule has 1 rings (SSSR count). The van der Waals surface area contributed by atoms with E-state index >= 15 is 0 Å². The van der Waals surface area contributed by atoms with Gasteiger partial charge in [0.05, 0.1) is 10.0 Å². The van der Waals surface area contributed by atoms with Gasteiger partial charge in [0, 0.05) is 11.6 Å². The van der Waals surface area contributed by atoms with Gasteiger partial charge in [-0.15, -0.1) is 0 Å². The van der Waals surface area contributed by atoms with Crippen LogP contribution in [-0.4, -0.2) is 19.7 Å². The number of rotatable bonds is 5. The average molecular weight is 269 g/mol. The highest BCUT2D eigenvalue weighted by Crippen LogP contribution is 2.35. The van der Waals surface area contributed by atoms with Crippen LogP contribution < -0.4 is 10.1 Å². The highest BCUT2D eigenvalue weighted by Gasteiger charge is 2.08. The van der Waals surface area contributed by atoms with Gasteiger partial charge in [-0.25, -0.2) is 0 Å². The molecule has 1 aromatic rings. The molecule has 0 atom stereocenters. The number of hydrogen-bond donors (Lipinski definition) is 1. The molecule has 0 fully saturated rings. The lowest BCUT2D eigenvalue weighted by atomic mass is 10.3. The van der Waals surface area contributed by atoms with Gasteiger partial charge in [-0.1, -0.05) is 41.7 Å². The number of hydrogen-bond acceptors (Lipinski definition) is 2. The molecule has 0 aliphatic carbocycles. The van der Waals surface area contributed by atoms with Gasteiger partial charge in [0.1, 0.15) is 6.61 Å². The molecule has 0 radical (unpaired) electrons. The Kier molecular flexibility index (Phi) is 5.54. The fourth-order valence-corrected chi connectivity index (χ4v) is 1.99. The summed E-state index contributed by atoms with van der Waals surface area (Å²) in [5.74, 6) is 0.487. The number of benzene rings is 1. The predicted octanol–water partition coefficient (Wildman–Crippen LogP) is 3.64. The maximum atomic E-state index is 5.93. The van der Waals surface area contributed by atoms with Crippen molar-refractivity contribution in [3.8, 4) is 5.75 Å². The number of likely N-dealkylation sites (N-methyl/N-ethyl adjacent to an activating group) is 1. The summed E-state index contributed by atoms with van der Waals surface area (Å²) in [6.07, 6.45) is 0. The predicted molar refractivity (Wildman–Crippen MR) is 65.5 cm³/mol. The summed E-state index contributed by atoms with van der Waals surface area (Å²) in [6.45, 7) is 4.22. The fraction of sp³-hybridized carbons (Fsp3) is 0.400. The van der Waals surface area contributed by atoms with Crippen LogP contribution in [0.5, 0.6) is 5.75 Å². The lowest BCUT2D eigenvalue weighted by molar-refractivity contribution is 0.316. The standard InChI is InChI=1S/C10H12Cl3NO/c1-2-14-3-4-15-10-8(12)5-7(11)6-9(10)13/h5-6,14H,2-4H2,1H3. The van der Waals surface area contributed by atoms with E-state index < -0.39 is 0 Å². The minimum atomic E-state index is 0.434. The van der Waals surface area contributed by atoms with Crippen LogP contribution in [0.3, 0.4) is 0 Å². The van der Waals surface area contributed by atoms with Gasteiger partial charge >= 0.3 is 0 Å². The van der Waals surface area contributed by atoms with Crippen molar-refractivity contribution in [3.63, 3.8) is 0 Å². The van der Waals surface area contributed by atoms with E-state index in [0.717, 1.165) is 13.1 Å². The molecule has 0 bridgehead atoms. The first-order valence-electron chi connectivity index (χ1n) is 4.63. The van der Waals surface area contributed by atoms with Gasteiger partial charge in [0.25, 0.3) is 0 Å². The second-order valence-electron chi connectivity index (χ2n) is 2.90. The normalized spacial score (nSPS) is 10.4. The van der Waals surface area contributed by atoms with Gasteiger partial charge in [-0.3, -0.25) is 0 Å². The Bertz CT molecular complexity index is 307. The first kappa shape index (κ1) is 12.9. The lowest BCUT2D eigenvalue weighted by Gasteiger charge is -2.10. The van der Waals surface area contributed by atoms with Crippen molar-refractivity contribution in [2.75, 3.05) is 19.7 Å². The molecule has 2 nitrogen and oxygen atoms in total. The van der Waals surface area contributed by atoms with Gasteiger partial charge in [-0.2, -0.15) is 0 Å². The Morgan fingerprint density at radius 1 is 1.20 bits per heavy atom. The third kappa shape index (κ3) is 4.07. The summed E-state index contributed by atoms with van der Waals surface area (Å²) < 4.78 is 5.44. The summed E-state index contributed by atoms with van der Waals surface area (Å²) in [5, 5.41) is 4.50. The van der Waals surface area contributed by atoms with Crippen molar-refractivity contribution in [1.29, 1.82) is 0 Å². The van der Waals surface area contributed by atoms with E-state index in [1.807, 2.05) is 6.92 Å². The minimum absolute atomic E-state index is 0.434. The van der Waals surface area contributed by atoms with Gasteiger partial charge < -0.3 is 10.1 Å². The molecule has 5 heteroatoms. The van der Waals surface area contributed by atoms with Crippen molar-refractivity contribution in [1.82, 2.24) is 5.32 Å². The molecule has 0 unspecified atom stereocenters. The zero-order valence-electron chi connectivity index (χ0n) is 8.32. The van der Waals surface area contributed by atoms with E-state index in [9.17, 15) is 0 Å². The molecular weight excluding hydrogens is 256 g/mol. The Labute approximate surface area is 104 Å². The van der Waals surface area contributed by atoms with Crippen LogP contribution in [-0.2, 0) is 0 Å². The molecule has 0 aliphatic rings. The lowest BCUT2D eigenvalue weighted by Crippen LogP contribution is -2.20. The van der Waals surface area contributed by atoms with Crippen LogP contribution in [0.15, 0.2) is 12.1 Å². The largest absolute Gasteiger partial charge is 0.489 e. The summed E-state index contributed by atoms with van der Waals surface area (Å²) in [7, 11) is 0. The molecule has 84 valence electrons. The minimum Gasteiger partial charge on any atom is -0.489 e. The molecule has 0 saturated carbocycles. The van der Waals surface area contributed by atoms with Crippen molar-refractivity contribution in [2.45, 2.75) is 6.92 Å². The maximum Gasteiger partial charge on any atom is 0.156 e. The topological polar surface area (TPSA) is 21.3 Å². The van der Waals surface area contributed by atoms with E-state index in [0.29, 0.717) is 27.4 Å². The van der Waals surface area contributed by atoms with Gasteiger partial charge in [0.2, 0.25) is 0 Å². The highest BCUT2D eigenvalue weighted by atomic mass is 35.5. The van der Waals surface area contributed by atoms with Crippen LogP contribution >= 0.6 is 34.8 Å². The van der Waals surface area contributed by atoms with Crippen molar-refractivity contribution in [3.05, 3.63) is 27.2 Å². The highest BCUT2D eigenvalue weighted by molar-refractivity contribution is 6.40. The Balaban J connectivity index is 2.60. The third-order valence-electron chi connectivity index (χ3n) is 1.74. The number of halogens is 3. The van der Waals surface area contributed by atoms with E-state index in [1.165, 1.54) is 0 Å². The molecule has 0 aromatic heterocycles. The second kappa shape index (κ2) is 6.44. The quantitative estimate of drug-likeness (QED) is 0.823. The first-order valence-corrected chi connectivity index (χ1v) is 5.76. The van der Waals surface area contributed by atoms with Crippen LogP contribution in [0.1, 0.15) is 6.92 Å². The van der Waals surface area contributed by atoms with E-state index in [-0.39, 0.29) is 0 Å². The summed E-state index contributed by atoms with van der Waals surface area (Å²) in [4.78, 5) is 0. The monoisotopic (exact) mass is 267 g/mol. The third-order valence-corrected chi connectivity index (χ3v) is 2.52. The molecule has 0 saturated heterocycles. The van der Waals surface area contributed by atoms with Crippen molar-refractivity contribution < 1.29 is 4.74 Å². The van der Waals surface area contributed by atoms with E-state index in [2.05, 4.69) is 5.32 Å². The Morgan fingerprint density at radius 3 is 2.33 bits per heavy atom. The molecule has 0 aliphatic heterocycles. The zero-order valence-corrected chi connectivity index (χ0v) is 10.6. The summed E-state index contributed by atoms with van der Waals surface area (Å²) in [6, 6.07) is 3.22. The maximum absolute atomic E-state index is 5.93. The zero-order chi connectivity index (χ0) is 11.3. The van der Waals surface area contributed by atoms with Crippen molar-refractivity contribution in [2.24, 2.45) is 0 Å². The Hall–Kier alpha value is -0.150. The van der Waals surface area contributed by atoms with Crippen LogP contribution in [0.2, 0.25) is 15.1 Å². The van der Waals surface area contributed by atoms with Crippen molar-refractivity contribution >= 4 is 34.8 Å². The molecule has 15 heavy (non-hydrogen) atoms. The molecular formula is C10H12Cl3NO. The molecule has 0 heterocycles. The second-order valence-corrected chi connectivity index (χ2v) is 4.15. The summed E-state index contributed by atoms with van der Waals surface area (Å²) in [5.41, 5.74) is 0. The number of nitrogens with one attached hydrogen (secondary N) is 1. The number of ether oxygens (including phenoxy) is 1. The molecule has 1 aromatic carbocycles. The summed E-state index contributed by atoms with van der Waals surface area (Å²) >= 11 is 17.6. The molecule has 1 N–H and O–H groups in total. The van der Waals surface area contributed by atoms with Gasteiger partial charge in [-0.05, 0) is 18.7 Å². The molecule has 0 spiro atoms. The molecule has 0 amide bonds. The van der Waals surface area contributed by atoms with Crippen LogP contribution in [0, 0.1) is 0 Å². The van der Waals surface area contributed by atoms with E-state index in [1.54, 1.807) is 12.1 Å². The van der Waals surface area contributed by atoms with Gasteiger partial charge in [0.15, 0.2) is 5.75 Å². The smallest absolute Gasteiger partial charge is 0.156 e. The Morgan fingerprint density at radius 2 is 1.80 bits per heavy atom.